The molecule has 4 heteroatoms. The number of hydrogen-bond acceptors (Lipinski definition) is 4. The summed E-state index contributed by atoms with van der Waals surface area (Å²) in [6.45, 7) is 9.43. The van der Waals surface area contributed by atoms with Gasteiger partial charge < -0.3 is 10.2 Å². The number of nitrogens with one attached hydrogen (secondary N) is 1. The summed E-state index contributed by atoms with van der Waals surface area (Å²) in [6.07, 6.45) is 3.39. The van der Waals surface area contributed by atoms with Crippen LogP contribution in [0.5, 0.6) is 0 Å². The zero-order valence-corrected chi connectivity index (χ0v) is 12.0. The minimum Gasteiger partial charge on any atom is -0.366 e. The third-order valence-corrected chi connectivity index (χ3v) is 2.99. The average Bonchev–Trinajstić information content (AvgIpc) is 2.46. The average molecular weight is 268 g/mol. The molecule has 20 heavy (non-hydrogen) atoms. The van der Waals surface area contributed by atoms with E-state index in [1.54, 1.807) is 12.4 Å². The van der Waals surface area contributed by atoms with E-state index in [0.29, 0.717) is 6.54 Å². The van der Waals surface area contributed by atoms with Crippen molar-refractivity contribution < 1.29 is 0 Å². The van der Waals surface area contributed by atoms with E-state index in [1.165, 1.54) is 5.56 Å². The Morgan fingerprint density at radius 2 is 2.15 bits per heavy atom. The molecule has 2 aromatic rings. The van der Waals surface area contributed by atoms with Gasteiger partial charge in [0.15, 0.2) is 0 Å². The number of hydrogen-bond donors (Lipinski definition) is 1. The van der Waals surface area contributed by atoms with Crippen LogP contribution in [0.1, 0.15) is 12.5 Å². The van der Waals surface area contributed by atoms with E-state index in [9.17, 15) is 0 Å². The summed E-state index contributed by atoms with van der Waals surface area (Å²) in [7, 11) is 0. The van der Waals surface area contributed by atoms with Crippen LogP contribution in [0.15, 0.2) is 49.3 Å². The van der Waals surface area contributed by atoms with Crippen LogP contribution >= 0.6 is 0 Å². The molecule has 0 atom stereocenters. The summed E-state index contributed by atoms with van der Waals surface area (Å²) in [6, 6.07) is 10.4. The Morgan fingerprint density at radius 1 is 1.30 bits per heavy atom. The standard InChI is InChI=1S/C16H20N4/c1-4-9-17-15-11-16(19-12-18-15)20(5-2)14-8-6-7-13(3)10-14/h4,6-8,10-12H,1,5,9H2,2-3H3,(H,17,18,19). The van der Waals surface area contributed by atoms with E-state index >= 15 is 0 Å². The van der Waals surface area contributed by atoms with Crippen molar-refractivity contribution >= 4 is 17.3 Å². The molecule has 1 heterocycles. The van der Waals surface area contributed by atoms with Gasteiger partial charge in [-0.15, -0.1) is 6.58 Å². The summed E-state index contributed by atoms with van der Waals surface area (Å²) in [5, 5.41) is 3.18. The summed E-state index contributed by atoms with van der Waals surface area (Å²) in [5.41, 5.74) is 2.38. The SMILES string of the molecule is C=CCNc1cc(N(CC)c2cccc(C)c2)ncn1. The second kappa shape index (κ2) is 6.70. The minimum absolute atomic E-state index is 0.688. The molecule has 0 aliphatic carbocycles. The molecule has 1 aromatic heterocycles. The van der Waals surface area contributed by atoms with Crippen LogP contribution in [0.25, 0.3) is 0 Å². The molecule has 0 amide bonds. The topological polar surface area (TPSA) is 41.0 Å². The van der Waals surface area contributed by atoms with E-state index in [0.717, 1.165) is 23.9 Å². The molecule has 0 aliphatic heterocycles. The van der Waals surface area contributed by atoms with Crippen molar-refractivity contribution in [3.05, 3.63) is 54.9 Å². The first-order valence-corrected chi connectivity index (χ1v) is 6.75. The van der Waals surface area contributed by atoms with E-state index in [1.807, 2.05) is 6.07 Å². The predicted octanol–water partition coefficient (Wildman–Crippen LogP) is 3.54. The van der Waals surface area contributed by atoms with Gasteiger partial charge in [0, 0.05) is 24.8 Å². The number of rotatable bonds is 6. The predicted molar refractivity (Wildman–Crippen MR) is 84.6 cm³/mol. The normalized spacial score (nSPS) is 10.1. The minimum atomic E-state index is 0.688. The second-order valence-corrected chi connectivity index (χ2v) is 4.51. The van der Waals surface area contributed by atoms with Crippen LogP contribution in [0.4, 0.5) is 17.3 Å². The Bertz CT molecular complexity index is 580. The number of nitrogens with zero attached hydrogens (tertiary/aromatic N) is 3. The number of aryl methyl sites for hydroxylation is 1. The summed E-state index contributed by atoms with van der Waals surface area (Å²) >= 11 is 0. The lowest BCUT2D eigenvalue weighted by molar-refractivity contribution is 0.974. The molecule has 4 nitrogen and oxygen atoms in total. The second-order valence-electron chi connectivity index (χ2n) is 4.51. The van der Waals surface area contributed by atoms with Gasteiger partial charge in [0.25, 0.3) is 0 Å². The Morgan fingerprint density at radius 3 is 2.85 bits per heavy atom. The Labute approximate surface area is 120 Å². The first-order chi connectivity index (χ1) is 9.74. The Balaban J connectivity index is 2.29. The van der Waals surface area contributed by atoms with Crippen molar-refractivity contribution in [3.63, 3.8) is 0 Å². The molecular weight excluding hydrogens is 248 g/mol. The van der Waals surface area contributed by atoms with Crippen LogP contribution in [0.2, 0.25) is 0 Å². The van der Waals surface area contributed by atoms with Gasteiger partial charge in [0.05, 0.1) is 0 Å². The van der Waals surface area contributed by atoms with Gasteiger partial charge in [0.2, 0.25) is 0 Å². The number of aromatic nitrogens is 2. The third kappa shape index (κ3) is 3.35. The lowest BCUT2D eigenvalue weighted by Crippen LogP contribution is -2.18. The van der Waals surface area contributed by atoms with Gasteiger partial charge >= 0.3 is 0 Å². The number of anilines is 3. The maximum Gasteiger partial charge on any atom is 0.138 e. The highest BCUT2D eigenvalue weighted by atomic mass is 15.2. The van der Waals surface area contributed by atoms with Crippen LogP contribution < -0.4 is 10.2 Å². The molecule has 0 aliphatic rings. The van der Waals surface area contributed by atoms with Crippen molar-refractivity contribution in [2.24, 2.45) is 0 Å². The third-order valence-electron chi connectivity index (χ3n) is 2.99. The van der Waals surface area contributed by atoms with Crippen LogP contribution in [-0.4, -0.2) is 23.1 Å². The maximum atomic E-state index is 4.37. The molecule has 1 N–H and O–H groups in total. The fourth-order valence-corrected chi connectivity index (χ4v) is 2.04. The van der Waals surface area contributed by atoms with Crippen LogP contribution in [-0.2, 0) is 0 Å². The zero-order chi connectivity index (χ0) is 14.4. The quantitative estimate of drug-likeness (QED) is 0.814. The summed E-state index contributed by atoms with van der Waals surface area (Å²) in [4.78, 5) is 10.7. The van der Waals surface area contributed by atoms with Crippen LogP contribution in [0.3, 0.4) is 0 Å². The van der Waals surface area contributed by atoms with Gasteiger partial charge in [-0.25, -0.2) is 9.97 Å². The summed E-state index contributed by atoms with van der Waals surface area (Å²) in [5.74, 6) is 1.70. The first kappa shape index (κ1) is 14.1. The van der Waals surface area contributed by atoms with Gasteiger partial charge in [-0.2, -0.15) is 0 Å². The molecule has 0 bridgehead atoms. The van der Waals surface area contributed by atoms with E-state index < -0.39 is 0 Å². The number of benzene rings is 1. The highest BCUT2D eigenvalue weighted by Gasteiger charge is 2.09. The van der Waals surface area contributed by atoms with Crippen molar-refractivity contribution in [3.8, 4) is 0 Å². The van der Waals surface area contributed by atoms with Crippen molar-refractivity contribution in [1.29, 1.82) is 0 Å². The molecule has 104 valence electrons. The molecule has 0 saturated heterocycles. The molecule has 0 radical (unpaired) electrons. The monoisotopic (exact) mass is 268 g/mol. The summed E-state index contributed by atoms with van der Waals surface area (Å²) < 4.78 is 0. The molecule has 1 aromatic carbocycles. The lowest BCUT2D eigenvalue weighted by atomic mass is 10.2. The lowest BCUT2D eigenvalue weighted by Gasteiger charge is -2.22. The zero-order valence-electron chi connectivity index (χ0n) is 12.0. The van der Waals surface area contributed by atoms with E-state index in [4.69, 9.17) is 0 Å². The van der Waals surface area contributed by atoms with Gasteiger partial charge in [0.1, 0.15) is 18.0 Å². The van der Waals surface area contributed by atoms with Gasteiger partial charge in [-0.05, 0) is 31.5 Å². The van der Waals surface area contributed by atoms with Crippen LogP contribution in [0, 0.1) is 6.92 Å². The van der Waals surface area contributed by atoms with Crippen molar-refractivity contribution in [2.45, 2.75) is 13.8 Å². The first-order valence-electron chi connectivity index (χ1n) is 6.75. The molecule has 2 rings (SSSR count). The van der Waals surface area contributed by atoms with E-state index in [-0.39, 0.29) is 0 Å². The van der Waals surface area contributed by atoms with Gasteiger partial charge in [-0.3, -0.25) is 0 Å². The Hall–Kier alpha value is -2.36. The molecule has 0 saturated carbocycles. The smallest absolute Gasteiger partial charge is 0.138 e. The molecule has 0 unspecified atom stereocenters. The molecular formula is C16H20N4. The molecule has 0 fully saturated rings. The fourth-order valence-electron chi connectivity index (χ4n) is 2.04. The fraction of sp³-hybridized carbons (Fsp3) is 0.250. The van der Waals surface area contributed by atoms with Crippen molar-refractivity contribution in [1.82, 2.24) is 9.97 Å². The highest BCUT2D eigenvalue weighted by Crippen LogP contribution is 2.24. The van der Waals surface area contributed by atoms with Crippen molar-refractivity contribution in [2.75, 3.05) is 23.3 Å². The maximum absolute atomic E-state index is 4.37. The largest absolute Gasteiger partial charge is 0.366 e. The van der Waals surface area contributed by atoms with Gasteiger partial charge in [-0.1, -0.05) is 18.2 Å². The highest BCUT2D eigenvalue weighted by molar-refractivity contribution is 5.62. The molecule has 0 spiro atoms. The Kier molecular flexibility index (Phi) is 4.71. The van der Waals surface area contributed by atoms with E-state index in [2.05, 4.69) is 64.9 Å².